The van der Waals surface area contributed by atoms with E-state index in [2.05, 4.69) is 75.8 Å². The maximum atomic E-state index is 13.3. The van der Waals surface area contributed by atoms with E-state index in [0.29, 0.717) is 55.5 Å². The third-order valence-corrected chi connectivity index (χ3v) is 12.2. The van der Waals surface area contributed by atoms with Crippen LogP contribution in [0.2, 0.25) is 0 Å². The predicted octanol–water partition coefficient (Wildman–Crippen LogP) is 5.23. The van der Waals surface area contributed by atoms with Crippen LogP contribution in [0.1, 0.15) is 90.9 Å². The SMILES string of the molecule is O=C1CCC(N2C(=O)c3cc4c(cc3C2=O)CN(Cc2cnc(N3CC(Oc5ccc([C@@H]6c7ccc(O)cc7CC[C@@H]6c6ccccc6)cc5)C3)cn2)C4)C(=O)N1. The molecule has 12 heteroatoms. The summed E-state index contributed by atoms with van der Waals surface area (Å²) in [7, 11) is 0. The van der Waals surface area contributed by atoms with Crippen LogP contribution in [-0.4, -0.2) is 73.7 Å². The van der Waals surface area contributed by atoms with Gasteiger partial charge in [-0.3, -0.25) is 39.3 Å². The number of rotatable bonds is 8. The zero-order valence-corrected chi connectivity index (χ0v) is 31.1. The Morgan fingerprint density at radius 3 is 2.18 bits per heavy atom. The monoisotopic (exact) mass is 760 g/mol. The molecule has 5 aromatic rings. The van der Waals surface area contributed by atoms with Crippen LogP contribution in [0.5, 0.6) is 11.5 Å². The highest BCUT2D eigenvalue weighted by Gasteiger charge is 2.45. The van der Waals surface area contributed by atoms with Gasteiger partial charge in [0, 0.05) is 32.0 Å². The lowest BCUT2D eigenvalue weighted by molar-refractivity contribution is -0.136. The number of ether oxygens (including phenoxy) is 1. The van der Waals surface area contributed by atoms with Gasteiger partial charge in [0.1, 0.15) is 29.5 Å². The van der Waals surface area contributed by atoms with Crippen LogP contribution in [0, 0.1) is 0 Å². The summed E-state index contributed by atoms with van der Waals surface area (Å²) in [5, 5.41) is 12.4. The molecule has 2 saturated heterocycles. The Morgan fingerprint density at radius 1 is 0.754 bits per heavy atom. The molecule has 5 aliphatic rings. The largest absolute Gasteiger partial charge is 0.508 e. The summed E-state index contributed by atoms with van der Waals surface area (Å²) in [6.07, 6.45) is 5.80. The Kier molecular flexibility index (Phi) is 8.58. The smallest absolute Gasteiger partial charge is 0.262 e. The van der Waals surface area contributed by atoms with Crippen LogP contribution in [0.4, 0.5) is 5.82 Å². The van der Waals surface area contributed by atoms with Gasteiger partial charge in [0.15, 0.2) is 0 Å². The van der Waals surface area contributed by atoms with Crippen molar-refractivity contribution in [1.82, 2.24) is 25.1 Å². The molecule has 1 aromatic heterocycles. The summed E-state index contributed by atoms with van der Waals surface area (Å²) < 4.78 is 6.37. The Morgan fingerprint density at radius 2 is 1.49 bits per heavy atom. The van der Waals surface area contributed by atoms with E-state index in [1.54, 1.807) is 30.6 Å². The first-order chi connectivity index (χ1) is 27.8. The third-order valence-electron chi connectivity index (χ3n) is 12.2. The number of piperidine rings is 1. The van der Waals surface area contributed by atoms with E-state index in [1.807, 2.05) is 6.07 Å². The molecule has 1 unspecified atom stereocenters. The lowest BCUT2D eigenvalue weighted by atomic mass is 9.69. The van der Waals surface area contributed by atoms with E-state index in [0.717, 1.165) is 46.1 Å². The number of carbonyl (C=O) groups excluding carboxylic acids is 4. The molecule has 0 saturated carbocycles. The van der Waals surface area contributed by atoms with Gasteiger partial charge in [-0.25, -0.2) is 4.98 Å². The second-order valence-electron chi connectivity index (χ2n) is 15.8. The number of carbonyl (C=O) groups is 4. The zero-order valence-electron chi connectivity index (χ0n) is 31.1. The van der Waals surface area contributed by atoms with Crippen molar-refractivity contribution in [3.63, 3.8) is 0 Å². The minimum Gasteiger partial charge on any atom is -0.508 e. The number of aromatic hydroxyl groups is 1. The third kappa shape index (κ3) is 6.39. The molecule has 1 aliphatic carbocycles. The first-order valence-electron chi connectivity index (χ1n) is 19.5. The van der Waals surface area contributed by atoms with Gasteiger partial charge in [-0.1, -0.05) is 48.5 Å². The molecule has 12 nitrogen and oxygen atoms in total. The maximum absolute atomic E-state index is 13.3. The van der Waals surface area contributed by atoms with E-state index in [4.69, 9.17) is 14.7 Å². The van der Waals surface area contributed by atoms with Crippen LogP contribution in [0.25, 0.3) is 0 Å². The van der Waals surface area contributed by atoms with E-state index in [9.17, 15) is 24.3 Å². The first-order valence-corrected chi connectivity index (χ1v) is 19.5. The molecule has 5 heterocycles. The molecule has 4 amide bonds. The molecule has 0 radical (unpaired) electrons. The molecule has 2 fully saturated rings. The number of aryl methyl sites for hydroxylation is 1. The normalized spacial score (nSPS) is 21.9. The summed E-state index contributed by atoms with van der Waals surface area (Å²) in [6.45, 7) is 3.14. The van der Waals surface area contributed by atoms with Crippen molar-refractivity contribution in [1.29, 1.82) is 0 Å². The summed E-state index contributed by atoms with van der Waals surface area (Å²) in [5.74, 6) is 0.468. The highest BCUT2D eigenvalue weighted by atomic mass is 16.5. The van der Waals surface area contributed by atoms with Crippen molar-refractivity contribution >= 4 is 29.4 Å². The number of nitrogens with one attached hydrogen (secondary N) is 1. The number of hydrogen-bond donors (Lipinski definition) is 2. The topological polar surface area (TPSA) is 145 Å². The first kappa shape index (κ1) is 35.0. The Labute approximate surface area is 329 Å². The van der Waals surface area contributed by atoms with Crippen molar-refractivity contribution in [3.8, 4) is 11.5 Å². The van der Waals surface area contributed by atoms with Gasteiger partial charge >= 0.3 is 0 Å². The quantitative estimate of drug-likeness (QED) is 0.202. The molecule has 2 N–H and O–H groups in total. The molecule has 57 heavy (non-hydrogen) atoms. The van der Waals surface area contributed by atoms with Gasteiger partial charge in [0.25, 0.3) is 11.8 Å². The Bertz CT molecular complexity index is 2390. The minimum absolute atomic E-state index is 0.0346. The number of aromatic nitrogens is 2. The second kappa shape index (κ2) is 14.0. The van der Waals surface area contributed by atoms with E-state index in [-0.39, 0.29) is 24.9 Å². The number of hydrogen-bond acceptors (Lipinski definition) is 10. The van der Waals surface area contributed by atoms with Gasteiger partial charge in [0.05, 0.1) is 42.3 Å². The van der Waals surface area contributed by atoms with Crippen LogP contribution < -0.4 is 15.0 Å². The van der Waals surface area contributed by atoms with E-state index >= 15 is 0 Å². The summed E-state index contributed by atoms with van der Waals surface area (Å²) in [6, 6.07) is 27.6. The second-order valence-corrected chi connectivity index (χ2v) is 15.8. The van der Waals surface area contributed by atoms with Crippen molar-refractivity contribution in [2.24, 2.45) is 0 Å². The van der Waals surface area contributed by atoms with Crippen LogP contribution in [0.3, 0.4) is 0 Å². The van der Waals surface area contributed by atoms with Crippen LogP contribution in [-0.2, 0) is 35.6 Å². The number of nitrogens with zero attached hydrogens (tertiary/aromatic N) is 5. The summed E-state index contributed by atoms with van der Waals surface area (Å²) in [4.78, 5) is 65.4. The molecule has 0 bridgehead atoms. The van der Waals surface area contributed by atoms with E-state index in [1.165, 1.54) is 22.3 Å². The predicted molar refractivity (Wildman–Crippen MR) is 209 cm³/mol. The molecule has 4 aromatic carbocycles. The molecular formula is C45H40N6O6. The fourth-order valence-electron chi connectivity index (χ4n) is 9.30. The molecule has 4 aliphatic heterocycles. The van der Waals surface area contributed by atoms with Crippen molar-refractivity contribution in [2.45, 2.75) is 69.3 Å². The highest BCUT2D eigenvalue weighted by molar-refractivity contribution is 6.23. The minimum atomic E-state index is -0.978. The average Bonchev–Trinajstić information content (AvgIpc) is 3.71. The number of imide groups is 2. The van der Waals surface area contributed by atoms with Crippen molar-refractivity contribution in [3.05, 3.63) is 148 Å². The van der Waals surface area contributed by atoms with Crippen LogP contribution >= 0.6 is 0 Å². The average molecular weight is 761 g/mol. The van der Waals surface area contributed by atoms with Gasteiger partial charge in [0.2, 0.25) is 11.8 Å². The van der Waals surface area contributed by atoms with Gasteiger partial charge in [-0.05, 0) is 95.0 Å². The number of amides is 4. The number of anilines is 1. The molecule has 0 spiro atoms. The molecular weight excluding hydrogens is 721 g/mol. The molecule has 3 atom stereocenters. The van der Waals surface area contributed by atoms with Crippen molar-refractivity contribution < 1.29 is 29.0 Å². The number of phenols is 1. The lowest BCUT2D eigenvalue weighted by Gasteiger charge is -2.39. The lowest BCUT2D eigenvalue weighted by Crippen LogP contribution is -2.54. The van der Waals surface area contributed by atoms with Gasteiger partial charge in [-0.2, -0.15) is 0 Å². The summed E-state index contributed by atoms with van der Waals surface area (Å²) >= 11 is 0. The van der Waals surface area contributed by atoms with E-state index < -0.39 is 29.7 Å². The van der Waals surface area contributed by atoms with Crippen molar-refractivity contribution in [2.75, 3.05) is 18.0 Å². The van der Waals surface area contributed by atoms with Crippen LogP contribution in [0.15, 0.2) is 97.3 Å². The number of phenolic OH excluding ortho intramolecular Hbond substituents is 1. The zero-order chi connectivity index (χ0) is 38.8. The van der Waals surface area contributed by atoms with Gasteiger partial charge < -0.3 is 14.7 Å². The molecule has 286 valence electrons. The number of fused-ring (bicyclic) bond motifs is 3. The standard InChI is InChI=1S/C45H40N6O6/c52-32-9-13-36-28(16-32)8-12-35(26-4-2-1-3-5-26)42(36)27-6-10-33(11-7-27)57-34-24-50(25-34)40-20-46-31(19-47-40)23-49-21-29-17-37-38(18-30(29)22-49)45(56)51(44(37)55)39-14-15-41(53)48-43(39)54/h1-7,9-11,13,16-20,34-35,39,42,52H,8,12,14-15,21-25H2,(H,48,53,54)/t35-,39?,42+/m1/s1. The Balaban J connectivity index is 0.741. The number of benzene rings is 4. The highest BCUT2D eigenvalue weighted by Crippen LogP contribution is 2.47. The Hall–Kier alpha value is -6.40. The fourth-order valence-corrected chi connectivity index (χ4v) is 9.30. The molecule has 10 rings (SSSR count). The summed E-state index contributed by atoms with van der Waals surface area (Å²) in [5.41, 5.74) is 8.38. The maximum Gasteiger partial charge on any atom is 0.262 e. The van der Waals surface area contributed by atoms with Gasteiger partial charge in [-0.15, -0.1) is 0 Å². The fraction of sp³-hybridized carbons (Fsp3) is 0.289.